The summed E-state index contributed by atoms with van der Waals surface area (Å²) in [6.07, 6.45) is 0.627. The van der Waals surface area contributed by atoms with E-state index in [1.54, 1.807) is 0 Å². The van der Waals surface area contributed by atoms with Crippen molar-refractivity contribution in [2.45, 2.75) is 38.8 Å². The number of likely N-dealkylation sites (N-methyl/N-ethyl adjacent to an activating group) is 1. The van der Waals surface area contributed by atoms with Crippen molar-refractivity contribution < 1.29 is 9.84 Å². The Bertz CT molecular complexity index is 186. The zero-order valence-corrected chi connectivity index (χ0v) is 9.79. The quantitative estimate of drug-likeness (QED) is 0.742. The second-order valence-electron chi connectivity index (χ2n) is 4.76. The molecule has 0 bridgehead atoms. The lowest BCUT2D eigenvalue weighted by Gasteiger charge is -2.47. The van der Waals surface area contributed by atoms with Crippen LogP contribution in [-0.4, -0.2) is 48.5 Å². The summed E-state index contributed by atoms with van der Waals surface area (Å²) < 4.78 is 5.48. The normalized spacial score (nSPS) is 40.1. The summed E-state index contributed by atoms with van der Waals surface area (Å²) >= 11 is 0. The van der Waals surface area contributed by atoms with Crippen LogP contribution in [0, 0.1) is 5.92 Å². The van der Waals surface area contributed by atoms with Gasteiger partial charge in [-0.25, -0.2) is 0 Å². The first kappa shape index (κ1) is 12.0. The van der Waals surface area contributed by atoms with E-state index in [0.717, 1.165) is 19.6 Å². The Morgan fingerprint density at radius 1 is 1.57 bits per heavy atom. The zero-order valence-electron chi connectivity index (χ0n) is 9.79. The van der Waals surface area contributed by atoms with Crippen molar-refractivity contribution in [1.82, 2.24) is 4.90 Å². The highest BCUT2D eigenvalue weighted by molar-refractivity contribution is 4.93. The highest BCUT2D eigenvalue weighted by atomic mass is 16.5. The molecular formula is C11H23NO2. The molecule has 0 aromatic carbocycles. The minimum atomic E-state index is -0.184. The predicted octanol–water partition coefficient (Wildman–Crippen LogP) is 1.11. The molecule has 1 rings (SSSR count). The number of piperidine rings is 1. The van der Waals surface area contributed by atoms with Crippen LogP contribution in [-0.2, 0) is 4.74 Å². The Balaban J connectivity index is 2.58. The fourth-order valence-electron chi connectivity index (χ4n) is 2.07. The monoisotopic (exact) mass is 201 g/mol. The van der Waals surface area contributed by atoms with Crippen molar-refractivity contribution in [2.75, 3.05) is 26.8 Å². The lowest BCUT2D eigenvalue weighted by molar-refractivity contribution is -0.0693. The molecule has 1 heterocycles. The van der Waals surface area contributed by atoms with Gasteiger partial charge in [-0.1, -0.05) is 6.92 Å². The van der Waals surface area contributed by atoms with E-state index in [2.05, 4.69) is 25.8 Å². The molecule has 14 heavy (non-hydrogen) atoms. The molecule has 3 atom stereocenters. The molecule has 0 amide bonds. The van der Waals surface area contributed by atoms with E-state index in [9.17, 15) is 5.11 Å². The van der Waals surface area contributed by atoms with Gasteiger partial charge in [-0.05, 0) is 33.2 Å². The molecule has 1 saturated heterocycles. The van der Waals surface area contributed by atoms with Gasteiger partial charge >= 0.3 is 0 Å². The number of aliphatic hydroxyl groups is 1. The molecule has 0 aliphatic carbocycles. The van der Waals surface area contributed by atoms with E-state index >= 15 is 0 Å². The second kappa shape index (κ2) is 4.60. The molecule has 84 valence electrons. The summed E-state index contributed by atoms with van der Waals surface area (Å²) in [7, 11) is 2.11. The fraction of sp³-hybridized carbons (Fsp3) is 1.00. The molecule has 0 aromatic heterocycles. The van der Waals surface area contributed by atoms with E-state index in [1.807, 2.05) is 6.92 Å². The van der Waals surface area contributed by atoms with Gasteiger partial charge in [0.2, 0.25) is 0 Å². The van der Waals surface area contributed by atoms with Gasteiger partial charge in [-0.15, -0.1) is 0 Å². The first-order valence-electron chi connectivity index (χ1n) is 5.46. The molecule has 3 nitrogen and oxygen atoms in total. The van der Waals surface area contributed by atoms with Crippen LogP contribution in [0.2, 0.25) is 0 Å². The molecule has 0 saturated carbocycles. The van der Waals surface area contributed by atoms with Gasteiger partial charge in [0.25, 0.3) is 0 Å². The van der Waals surface area contributed by atoms with E-state index in [0.29, 0.717) is 12.5 Å². The Kier molecular flexibility index (Phi) is 3.93. The fourth-order valence-corrected chi connectivity index (χ4v) is 2.07. The van der Waals surface area contributed by atoms with Crippen molar-refractivity contribution in [2.24, 2.45) is 5.92 Å². The van der Waals surface area contributed by atoms with Gasteiger partial charge < -0.3 is 9.84 Å². The van der Waals surface area contributed by atoms with Crippen LogP contribution in [0.15, 0.2) is 0 Å². The van der Waals surface area contributed by atoms with Crippen LogP contribution in [0.3, 0.4) is 0 Å². The minimum Gasteiger partial charge on any atom is -0.393 e. The minimum absolute atomic E-state index is 0.00192. The van der Waals surface area contributed by atoms with Gasteiger partial charge in [-0.2, -0.15) is 0 Å². The van der Waals surface area contributed by atoms with Gasteiger partial charge in [0, 0.05) is 18.7 Å². The highest BCUT2D eigenvalue weighted by Crippen LogP contribution is 2.29. The average Bonchev–Trinajstić information content (AvgIpc) is 2.12. The SMILES string of the molecule is CCOCC1(C)CC(O)C(C)CN1C. The topological polar surface area (TPSA) is 32.7 Å². The molecule has 1 N–H and O–H groups in total. The first-order valence-corrected chi connectivity index (χ1v) is 5.46. The van der Waals surface area contributed by atoms with Gasteiger partial charge in [0.1, 0.15) is 0 Å². The van der Waals surface area contributed by atoms with Crippen LogP contribution < -0.4 is 0 Å². The van der Waals surface area contributed by atoms with Crippen LogP contribution in [0.25, 0.3) is 0 Å². The number of ether oxygens (including phenoxy) is 1. The van der Waals surface area contributed by atoms with Gasteiger partial charge in [0.15, 0.2) is 0 Å². The van der Waals surface area contributed by atoms with E-state index < -0.39 is 0 Å². The summed E-state index contributed by atoms with van der Waals surface area (Å²) in [4.78, 5) is 2.31. The number of rotatable bonds is 3. The van der Waals surface area contributed by atoms with Crippen LogP contribution >= 0.6 is 0 Å². The number of hydrogen-bond donors (Lipinski definition) is 1. The van der Waals surface area contributed by atoms with Crippen molar-refractivity contribution in [3.8, 4) is 0 Å². The third-order valence-electron chi connectivity index (χ3n) is 3.41. The lowest BCUT2D eigenvalue weighted by atomic mass is 9.83. The molecule has 1 fully saturated rings. The Morgan fingerprint density at radius 3 is 2.79 bits per heavy atom. The molecule has 0 radical (unpaired) electrons. The van der Waals surface area contributed by atoms with Crippen LogP contribution in [0.1, 0.15) is 27.2 Å². The Morgan fingerprint density at radius 2 is 2.21 bits per heavy atom. The maximum absolute atomic E-state index is 9.85. The molecule has 0 spiro atoms. The smallest absolute Gasteiger partial charge is 0.0648 e. The van der Waals surface area contributed by atoms with Crippen molar-refractivity contribution >= 4 is 0 Å². The maximum Gasteiger partial charge on any atom is 0.0648 e. The second-order valence-corrected chi connectivity index (χ2v) is 4.76. The average molecular weight is 201 g/mol. The molecule has 0 aromatic rings. The molecular weight excluding hydrogens is 178 g/mol. The standard InChI is InChI=1S/C11H23NO2/c1-5-14-8-11(3)6-10(13)9(2)7-12(11)4/h9-10,13H,5-8H2,1-4H3. The third kappa shape index (κ3) is 2.47. The Labute approximate surface area is 87.1 Å². The summed E-state index contributed by atoms with van der Waals surface area (Å²) in [6.45, 7) is 8.67. The summed E-state index contributed by atoms with van der Waals surface area (Å²) in [6, 6.07) is 0. The van der Waals surface area contributed by atoms with Gasteiger partial charge in [-0.3, -0.25) is 4.90 Å². The zero-order chi connectivity index (χ0) is 10.8. The highest BCUT2D eigenvalue weighted by Gasteiger charge is 2.39. The number of nitrogens with zero attached hydrogens (tertiary/aromatic N) is 1. The van der Waals surface area contributed by atoms with Crippen molar-refractivity contribution in [1.29, 1.82) is 0 Å². The largest absolute Gasteiger partial charge is 0.393 e. The molecule has 1 aliphatic rings. The summed E-state index contributed by atoms with van der Waals surface area (Å²) in [5.74, 6) is 0.370. The maximum atomic E-state index is 9.85. The van der Waals surface area contributed by atoms with Crippen molar-refractivity contribution in [3.05, 3.63) is 0 Å². The lowest BCUT2D eigenvalue weighted by Crippen LogP contribution is -2.57. The van der Waals surface area contributed by atoms with E-state index in [-0.39, 0.29) is 11.6 Å². The van der Waals surface area contributed by atoms with Crippen LogP contribution in [0.5, 0.6) is 0 Å². The number of likely N-dealkylation sites (tertiary alicyclic amines) is 1. The number of hydrogen-bond acceptors (Lipinski definition) is 3. The summed E-state index contributed by atoms with van der Waals surface area (Å²) in [5.41, 5.74) is 0.00192. The first-order chi connectivity index (χ1) is 6.49. The summed E-state index contributed by atoms with van der Waals surface area (Å²) in [5, 5.41) is 9.85. The third-order valence-corrected chi connectivity index (χ3v) is 3.41. The molecule has 1 aliphatic heterocycles. The number of aliphatic hydroxyl groups excluding tert-OH is 1. The van der Waals surface area contributed by atoms with Crippen molar-refractivity contribution in [3.63, 3.8) is 0 Å². The van der Waals surface area contributed by atoms with E-state index in [1.165, 1.54) is 0 Å². The van der Waals surface area contributed by atoms with E-state index in [4.69, 9.17) is 4.74 Å². The van der Waals surface area contributed by atoms with Crippen LogP contribution in [0.4, 0.5) is 0 Å². The predicted molar refractivity (Wildman–Crippen MR) is 57.3 cm³/mol. The molecule has 3 unspecified atom stereocenters. The molecule has 3 heteroatoms. The van der Waals surface area contributed by atoms with Gasteiger partial charge in [0.05, 0.1) is 12.7 Å². The Hall–Kier alpha value is -0.120.